The van der Waals surface area contributed by atoms with Crippen molar-refractivity contribution in [3.63, 3.8) is 0 Å². The SMILES string of the molecule is CC1CCCC(N2CC(C)(C)NCC2C(C)C)CC1. The maximum Gasteiger partial charge on any atom is 0.0253 e. The summed E-state index contributed by atoms with van der Waals surface area (Å²) in [5, 5.41) is 3.74. The van der Waals surface area contributed by atoms with Gasteiger partial charge in [-0.3, -0.25) is 4.90 Å². The van der Waals surface area contributed by atoms with Gasteiger partial charge in [0.25, 0.3) is 0 Å². The predicted molar refractivity (Wildman–Crippen MR) is 83.5 cm³/mol. The van der Waals surface area contributed by atoms with Crippen LogP contribution in [0, 0.1) is 11.8 Å². The van der Waals surface area contributed by atoms with Crippen LogP contribution in [0.2, 0.25) is 0 Å². The van der Waals surface area contributed by atoms with Gasteiger partial charge in [0.15, 0.2) is 0 Å². The number of rotatable bonds is 2. The van der Waals surface area contributed by atoms with Crippen molar-refractivity contribution < 1.29 is 0 Å². The van der Waals surface area contributed by atoms with Crippen LogP contribution in [0.1, 0.15) is 66.7 Å². The second kappa shape index (κ2) is 6.13. The van der Waals surface area contributed by atoms with Crippen molar-refractivity contribution in [1.29, 1.82) is 0 Å². The largest absolute Gasteiger partial charge is 0.309 e. The zero-order chi connectivity index (χ0) is 14.0. The third kappa shape index (κ3) is 3.95. The van der Waals surface area contributed by atoms with E-state index >= 15 is 0 Å². The molecule has 0 aromatic heterocycles. The molecule has 1 N–H and O–H groups in total. The Balaban J connectivity index is 2.07. The molecule has 2 rings (SSSR count). The molecule has 0 aromatic carbocycles. The first-order chi connectivity index (χ1) is 8.89. The molecule has 2 fully saturated rings. The lowest BCUT2D eigenvalue weighted by Crippen LogP contribution is -2.65. The van der Waals surface area contributed by atoms with Crippen molar-refractivity contribution in [3.05, 3.63) is 0 Å². The topological polar surface area (TPSA) is 15.3 Å². The normalized spacial score (nSPS) is 37.3. The Bertz CT molecular complexity index is 285. The fraction of sp³-hybridized carbons (Fsp3) is 1.00. The zero-order valence-corrected chi connectivity index (χ0v) is 13.7. The second-order valence-corrected chi connectivity index (χ2v) is 8.02. The third-order valence-corrected chi connectivity index (χ3v) is 5.26. The lowest BCUT2D eigenvalue weighted by atomic mass is 9.90. The molecule has 2 aliphatic rings. The van der Waals surface area contributed by atoms with Crippen LogP contribution in [0.3, 0.4) is 0 Å². The van der Waals surface area contributed by atoms with Crippen molar-refractivity contribution in [2.24, 2.45) is 11.8 Å². The third-order valence-electron chi connectivity index (χ3n) is 5.26. The van der Waals surface area contributed by atoms with Crippen molar-refractivity contribution >= 4 is 0 Å². The first-order valence-corrected chi connectivity index (χ1v) is 8.40. The Morgan fingerprint density at radius 1 is 1.11 bits per heavy atom. The van der Waals surface area contributed by atoms with E-state index in [2.05, 4.69) is 44.8 Å². The van der Waals surface area contributed by atoms with Crippen LogP contribution < -0.4 is 5.32 Å². The Hall–Kier alpha value is -0.0800. The van der Waals surface area contributed by atoms with E-state index in [0.717, 1.165) is 30.5 Å². The van der Waals surface area contributed by atoms with Gasteiger partial charge >= 0.3 is 0 Å². The van der Waals surface area contributed by atoms with E-state index in [4.69, 9.17) is 0 Å². The Labute approximate surface area is 120 Å². The average molecular weight is 266 g/mol. The van der Waals surface area contributed by atoms with Crippen LogP contribution in [-0.4, -0.2) is 35.6 Å². The lowest BCUT2D eigenvalue weighted by molar-refractivity contribution is 0.0257. The molecule has 0 radical (unpaired) electrons. The van der Waals surface area contributed by atoms with Crippen molar-refractivity contribution in [3.8, 4) is 0 Å². The van der Waals surface area contributed by atoms with Crippen LogP contribution in [-0.2, 0) is 0 Å². The number of nitrogens with zero attached hydrogens (tertiary/aromatic N) is 1. The number of nitrogens with one attached hydrogen (secondary N) is 1. The van der Waals surface area contributed by atoms with Crippen LogP contribution >= 0.6 is 0 Å². The summed E-state index contributed by atoms with van der Waals surface area (Å²) in [6.07, 6.45) is 7.14. The van der Waals surface area contributed by atoms with E-state index in [9.17, 15) is 0 Å². The van der Waals surface area contributed by atoms with Gasteiger partial charge in [0.2, 0.25) is 0 Å². The standard InChI is InChI=1S/C17H34N2/c1-13(2)16-11-18-17(4,5)12-19(16)15-8-6-7-14(3)9-10-15/h13-16,18H,6-12H2,1-5H3. The monoisotopic (exact) mass is 266 g/mol. The molecule has 1 aliphatic carbocycles. The van der Waals surface area contributed by atoms with E-state index in [-0.39, 0.29) is 5.54 Å². The smallest absolute Gasteiger partial charge is 0.0253 e. The molecule has 0 bridgehead atoms. The molecule has 19 heavy (non-hydrogen) atoms. The van der Waals surface area contributed by atoms with Gasteiger partial charge in [-0.1, -0.05) is 33.6 Å². The molecule has 0 amide bonds. The molecule has 1 saturated carbocycles. The Morgan fingerprint density at radius 2 is 1.84 bits per heavy atom. The van der Waals surface area contributed by atoms with E-state index < -0.39 is 0 Å². The summed E-state index contributed by atoms with van der Waals surface area (Å²) in [7, 11) is 0. The van der Waals surface area contributed by atoms with Crippen molar-refractivity contribution in [2.75, 3.05) is 13.1 Å². The number of hydrogen-bond donors (Lipinski definition) is 1. The molecule has 1 heterocycles. The molecular formula is C17H34N2. The molecule has 2 heteroatoms. The average Bonchev–Trinajstić information content (AvgIpc) is 2.52. The number of piperazine rings is 1. The summed E-state index contributed by atoms with van der Waals surface area (Å²) in [5.74, 6) is 1.70. The molecule has 1 aliphatic heterocycles. The highest BCUT2D eigenvalue weighted by Gasteiger charge is 2.37. The van der Waals surface area contributed by atoms with Gasteiger partial charge in [-0.2, -0.15) is 0 Å². The maximum absolute atomic E-state index is 3.74. The van der Waals surface area contributed by atoms with Gasteiger partial charge in [-0.15, -0.1) is 0 Å². The summed E-state index contributed by atoms with van der Waals surface area (Å²) in [6, 6.07) is 1.56. The molecule has 0 aromatic rings. The van der Waals surface area contributed by atoms with Crippen LogP contribution in [0.4, 0.5) is 0 Å². The highest BCUT2D eigenvalue weighted by atomic mass is 15.3. The van der Waals surface area contributed by atoms with E-state index in [1.54, 1.807) is 0 Å². The molecular weight excluding hydrogens is 232 g/mol. The van der Waals surface area contributed by atoms with Gasteiger partial charge < -0.3 is 5.32 Å². The van der Waals surface area contributed by atoms with Gasteiger partial charge in [0.05, 0.1) is 0 Å². The minimum absolute atomic E-state index is 0.281. The van der Waals surface area contributed by atoms with Gasteiger partial charge in [0.1, 0.15) is 0 Å². The maximum atomic E-state index is 3.74. The Kier molecular flexibility index (Phi) is 4.94. The molecule has 1 saturated heterocycles. The lowest BCUT2D eigenvalue weighted by Gasteiger charge is -2.49. The van der Waals surface area contributed by atoms with Crippen molar-refractivity contribution in [2.45, 2.75) is 84.3 Å². The van der Waals surface area contributed by atoms with E-state index in [0.29, 0.717) is 0 Å². The summed E-state index contributed by atoms with van der Waals surface area (Å²) in [4.78, 5) is 2.86. The van der Waals surface area contributed by atoms with Crippen LogP contribution in [0.5, 0.6) is 0 Å². The van der Waals surface area contributed by atoms with Crippen LogP contribution in [0.15, 0.2) is 0 Å². The van der Waals surface area contributed by atoms with E-state index in [1.807, 2.05) is 0 Å². The van der Waals surface area contributed by atoms with Crippen LogP contribution in [0.25, 0.3) is 0 Å². The highest BCUT2D eigenvalue weighted by Crippen LogP contribution is 2.31. The molecule has 112 valence electrons. The molecule has 3 atom stereocenters. The summed E-state index contributed by atoms with van der Waals surface area (Å²) < 4.78 is 0. The summed E-state index contributed by atoms with van der Waals surface area (Å²) in [6.45, 7) is 14.3. The van der Waals surface area contributed by atoms with Gasteiger partial charge in [-0.25, -0.2) is 0 Å². The minimum atomic E-state index is 0.281. The van der Waals surface area contributed by atoms with E-state index in [1.165, 1.54) is 38.6 Å². The first-order valence-electron chi connectivity index (χ1n) is 8.40. The van der Waals surface area contributed by atoms with Gasteiger partial charge in [-0.05, 0) is 44.9 Å². The fourth-order valence-electron chi connectivity index (χ4n) is 3.95. The Morgan fingerprint density at radius 3 is 2.53 bits per heavy atom. The zero-order valence-electron chi connectivity index (χ0n) is 13.7. The predicted octanol–water partition coefficient (Wildman–Crippen LogP) is 3.66. The quantitative estimate of drug-likeness (QED) is 0.767. The first kappa shape index (κ1) is 15.3. The minimum Gasteiger partial charge on any atom is -0.309 e. The van der Waals surface area contributed by atoms with Crippen molar-refractivity contribution in [1.82, 2.24) is 10.2 Å². The second-order valence-electron chi connectivity index (χ2n) is 8.02. The summed E-state index contributed by atoms with van der Waals surface area (Å²) in [5.41, 5.74) is 0.281. The number of hydrogen-bond acceptors (Lipinski definition) is 2. The molecule has 2 nitrogen and oxygen atoms in total. The highest BCUT2D eigenvalue weighted by molar-refractivity contribution is 4.96. The van der Waals surface area contributed by atoms with Gasteiger partial charge in [0, 0.05) is 30.7 Å². The summed E-state index contributed by atoms with van der Waals surface area (Å²) >= 11 is 0. The molecule has 0 spiro atoms. The molecule has 3 unspecified atom stereocenters. The fourth-order valence-corrected chi connectivity index (χ4v) is 3.95.